The normalized spacial score (nSPS) is 10.6. The second-order valence-electron chi connectivity index (χ2n) is 3.37. The van der Waals surface area contributed by atoms with Crippen molar-refractivity contribution in [3.05, 3.63) is 39.8 Å². The molecule has 0 unspecified atom stereocenters. The Hall–Kier alpha value is -1.07. The highest BCUT2D eigenvalue weighted by Crippen LogP contribution is 2.31. The van der Waals surface area contributed by atoms with Gasteiger partial charge in [0.2, 0.25) is 5.95 Å². The topological polar surface area (TPSA) is 29.9 Å². The van der Waals surface area contributed by atoms with E-state index >= 15 is 0 Å². The Morgan fingerprint density at radius 3 is 2.94 bits per heavy atom. The summed E-state index contributed by atoms with van der Waals surface area (Å²) in [5.41, 5.74) is 0.668. The predicted molar refractivity (Wildman–Crippen MR) is 70.4 cm³/mol. The molecule has 0 fully saturated rings. The van der Waals surface area contributed by atoms with Crippen LogP contribution in [0.5, 0.6) is 0 Å². The lowest BCUT2D eigenvalue weighted by atomic mass is 10.3. The summed E-state index contributed by atoms with van der Waals surface area (Å²) >= 11 is 9.36. The molecule has 1 aromatic heterocycles. The quantitative estimate of drug-likeness (QED) is 0.931. The molecule has 90 valence electrons. The van der Waals surface area contributed by atoms with E-state index in [9.17, 15) is 4.39 Å². The standard InChI is InChI=1S/C11H10BrClFN3/c1-2-15-11-16-3-4-17(11)10-8(12)5-7(14)6-9(10)13/h3-6H,2H2,1H3,(H,15,16). The monoisotopic (exact) mass is 317 g/mol. The van der Waals surface area contributed by atoms with Crippen LogP contribution in [0.25, 0.3) is 5.69 Å². The first-order valence-electron chi connectivity index (χ1n) is 5.05. The molecule has 0 radical (unpaired) electrons. The molecule has 2 rings (SSSR count). The van der Waals surface area contributed by atoms with E-state index in [2.05, 4.69) is 26.2 Å². The number of hydrogen-bond donors (Lipinski definition) is 1. The average molecular weight is 319 g/mol. The van der Waals surface area contributed by atoms with Crippen molar-refractivity contribution >= 4 is 33.5 Å². The van der Waals surface area contributed by atoms with E-state index in [1.54, 1.807) is 17.0 Å². The second kappa shape index (κ2) is 5.06. The first-order valence-corrected chi connectivity index (χ1v) is 6.22. The molecular formula is C11H10BrClFN3. The van der Waals surface area contributed by atoms with Crippen molar-refractivity contribution in [2.75, 3.05) is 11.9 Å². The summed E-state index contributed by atoms with van der Waals surface area (Å²) in [5.74, 6) is 0.289. The molecule has 17 heavy (non-hydrogen) atoms. The summed E-state index contributed by atoms with van der Waals surface area (Å²) < 4.78 is 15.5. The highest BCUT2D eigenvalue weighted by atomic mass is 79.9. The third-order valence-electron chi connectivity index (χ3n) is 2.20. The molecule has 0 aliphatic rings. The van der Waals surface area contributed by atoms with Gasteiger partial charge in [0, 0.05) is 23.4 Å². The smallest absolute Gasteiger partial charge is 0.207 e. The summed E-state index contributed by atoms with van der Waals surface area (Å²) in [7, 11) is 0. The van der Waals surface area contributed by atoms with Crippen LogP contribution in [0.1, 0.15) is 6.92 Å². The molecule has 0 aliphatic heterocycles. The van der Waals surface area contributed by atoms with Gasteiger partial charge in [0.1, 0.15) is 5.82 Å². The van der Waals surface area contributed by atoms with Crippen molar-refractivity contribution in [1.82, 2.24) is 9.55 Å². The van der Waals surface area contributed by atoms with Crippen LogP contribution < -0.4 is 5.32 Å². The fourth-order valence-electron chi connectivity index (χ4n) is 1.54. The molecule has 0 aliphatic carbocycles. The maximum Gasteiger partial charge on any atom is 0.207 e. The van der Waals surface area contributed by atoms with Gasteiger partial charge in [-0.15, -0.1) is 0 Å². The largest absolute Gasteiger partial charge is 0.356 e. The number of aromatic nitrogens is 2. The minimum absolute atomic E-state index is 0.328. The number of nitrogens with zero attached hydrogens (tertiary/aromatic N) is 2. The minimum atomic E-state index is -0.379. The van der Waals surface area contributed by atoms with Crippen LogP contribution >= 0.6 is 27.5 Å². The van der Waals surface area contributed by atoms with Crippen molar-refractivity contribution in [3.8, 4) is 5.69 Å². The molecule has 0 spiro atoms. The summed E-state index contributed by atoms with van der Waals surface area (Å²) in [6, 6.07) is 2.65. The highest BCUT2D eigenvalue weighted by Gasteiger charge is 2.13. The minimum Gasteiger partial charge on any atom is -0.356 e. The number of halogens is 3. The van der Waals surface area contributed by atoms with Crippen molar-refractivity contribution < 1.29 is 4.39 Å². The number of rotatable bonds is 3. The van der Waals surface area contributed by atoms with E-state index in [4.69, 9.17) is 11.6 Å². The zero-order chi connectivity index (χ0) is 12.4. The fraction of sp³-hybridized carbons (Fsp3) is 0.182. The van der Waals surface area contributed by atoms with Gasteiger partial charge in [0.05, 0.1) is 10.7 Å². The fourth-order valence-corrected chi connectivity index (χ4v) is 2.57. The summed E-state index contributed by atoms with van der Waals surface area (Å²) in [6.07, 6.45) is 3.42. The van der Waals surface area contributed by atoms with Gasteiger partial charge >= 0.3 is 0 Å². The van der Waals surface area contributed by atoms with Crippen LogP contribution in [0.15, 0.2) is 29.0 Å². The number of nitrogens with one attached hydrogen (secondary N) is 1. The third kappa shape index (κ3) is 2.45. The molecule has 2 aromatic rings. The first-order chi connectivity index (χ1) is 8.13. The number of anilines is 1. The van der Waals surface area contributed by atoms with Gasteiger partial charge in [0.25, 0.3) is 0 Å². The molecule has 1 aromatic carbocycles. The molecule has 1 heterocycles. The lowest BCUT2D eigenvalue weighted by Gasteiger charge is -2.12. The lowest BCUT2D eigenvalue weighted by Crippen LogP contribution is -2.06. The Balaban J connectivity index is 2.56. The van der Waals surface area contributed by atoms with Crippen LogP contribution in [0.2, 0.25) is 5.02 Å². The molecule has 0 saturated carbocycles. The van der Waals surface area contributed by atoms with Gasteiger partial charge < -0.3 is 5.32 Å². The average Bonchev–Trinajstić information content (AvgIpc) is 2.65. The Morgan fingerprint density at radius 1 is 1.53 bits per heavy atom. The highest BCUT2D eigenvalue weighted by molar-refractivity contribution is 9.10. The van der Waals surface area contributed by atoms with Crippen LogP contribution in [0.4, 0.5) is 10.3 Å². The van der Waals surface area contributed by atoms with Gasteiger partial charge in [-0.3, -0.25) is 4.57 Å². The summed E-state index contributed by atoms with van der Waals surface area (Å²) in [6.45, 7) is 2.72. The predicted octanol–water partition coefficient (Wildman–Crippen LogP) is 3.86. The lowest BCUT2D eigenvalue weighted by molar-refractivity contribution is 0.626. The number of benzene rings is 1. The Bertz CT molecular complexity index is 518. The Labute approximate surface area is 112 Å². The van der Waals surface area contributed by atoms with Gasteiger partial charge in [-0.25, -0.2) is 9.37 Å². The van der Waals surface area contributed by atoms with E-state index < -0.39 is 0 Å². The molecule has 0 amide bonds. The van der Waals surface area contributed by atoms with E-state index in [1.807, 2.05) is 6.92 Å². The van der Waals surface area contributed by atoms with E-state index in [0.29, 0.717) is 21.1 Å². The van der Waals surface area contributed by atoms with Crippen LogP contribution in [0.3, 0.4) is 0 Å². The van der Waals surface area contributed by atoms with E-state index in [-0.39, 0.29) is 5.82 Å². The Morgan fingerprint density at radius 2 is 2.29 bits per heavy atom. The van der Waals surface area contributed by atoms with Gasteiger partial charge in [-0.05, 0) is 35.0 Å². The van der Waals surface area contributed by atoms with Crippen molar-refractivity contribution in [2.45, 2.75) is 6.92 Å². The zero-order valence-electron chi connectivity index (χ0n) is 9.04. The van der Waals surface area contributed by atoms with Gasteiger partial charge in [0.15, 0.2) is 0 Å². The van der Waals surface area contributed by atoms with Crippen LogP contribution in [-0.4, -0.2) is 16.1 Å². The van der Waals surface area contributed by atoms with E-state index in [0.717, 1.165) is 6.54 Å². The van der Waals surface area contributed by atoms with E-state index in [1.165, 1.54) is 12.1 Å². The molecule has 3 nitrogen and oxygen atoms in total. The zero-order valence-corrected chi connectivity index (χ0v) is 11.4. The van der Waals surface area contributed by atoms with Crippen molar-refractivity contribution in [2.24, 2.45) is 0 Å². The third-order valence-corrected chi connectivity index (χ3v) is 3.09. The second-order valence-corrected chi connectivity index (χ2v) is 4.63. The maximum atomic E-state index is 13.1. The molecule has 6 heteroatoms. The SMILES string of the molecule is CCNc1nccn1-c1c(Cl)cc(F)cc1Br. The summed E-state index contributed by atoms with van der Waals surface area (Å²) in [4.78, 5) is 4.17. The number of hydrogen-bond acceptors (Lipinski definition) is 2. The number of imidazole rings is 1. The van der Waals surface area contributed by atoms with Gasteiger partial charge in [-0.1, -0.05) is 11.6 Å². The molecular weight excluding hydrogens is 308 g/mol. The first kappa shape index (κ1) is 12.4. The molecule has 0 atom stereocenters. The van der Waals surface area contributed by atoms with Crippen LogP contribution in [0, 0.1) is 5.82 Å². The molecule has 0 saturated heterocycles. The molecule has 0 bridgehead atoms. The summed E-state index contributed by atoms with van der Waals surface area (Å²) in [5, 5.41) is 3.43. The maximum absolute atomic E-state index is 13.1. The Kier molecular flexibility index (Phi) is 3.69. The van der Waals surface area contributed by atoms with Crippen LogP contribution in [-0.2, 0) is 0 Å². The van der Waals surface area contributed by atoms with Crippen molar-refractivity contribution in [3.63, 3.8) is 0 Å². The molecule has 1 N–H and O–H groups in total. The van der Waals surface area contributed by atoms with Gasteiger partial charge in [-0.2, -0.15) is 0 Å². The van der Waals surface area contributed by atoms with Crippen molar-refractivity contribution in [1.29, 1.82) is 0 Å².